The summed E-state index contributed by atoms with van der Waals surface area (Å²) in [5.41, 5.74) is 0.876. The van der Waals surface area contributed by atoms with E-state index >= 15 is 0 Å². The molecule has 1 aromatic rings. The maximum Gasteiger partial charge on any atom is 0.294 e. The fraction of sp³-hybridized carbons (Fsp3) is 0.500. The van der Waals surface area contributed by atoms with Gasteiger partial charge in [0.05, 0.1) is 4.90 Å². The van der Waals surface area contributed by atoms with Gasteiger partial charge >= 0.3 is 0 Å². The molecule has 0 amide bonds. The van der Waals surface area contributed by atoms with E-state index in [0.717, 1.165) is 38.2 Å². The van der Waals surface area contributed by atoms with Gasteiger partial charge in [-0.3, -0.25) is 4.55 Å². The first kappa shape index (κ1) is 13.3. The topological polar surface area (TPSA) is 78.4 Å². The van der Waals surface area contributed by atoms with E-state index < -0.39 is 10.1 Å². The molecule has 1 heterocycles. The number of hydrogen-bond donors (Lipinski definition) is 3. The zero-order chi connectivity index (χ0) is 13.0. The van der Waals surface area contributed by atoms with Crippen molar-refractivity contribution in [3.8, 4) is 0 Å². The average molecular weight is 270 g/mol. The SMILES string of the molecule is O=S(=O)(O)c1ccc(NCC2CCNCC2)cc1. The van der Waals surface area contributed by atoms with E-state index in [1.165, 1.54) is 12.1 Å². The largest absolute Gasteiger partial charge is 0.385 e. The van der Waals surface area contributed by atoms with Gasteiger partial charge in [-0.15, -0.1) is 0 Å². The van der Waals surface area contributed by atoms with Crippen LogP contribution in [-0.4, -0.2) is 32.6 Å². The summed E-state index contributed by atoms with van der Waals surface area (Å²) in [4.78, 5) is -0.0742. The average Bonchev–Trinajstić information content (AvgIpc) is 2.37. The highest BCUT2D eigenvalue weighted by atomic mass is 32.2. The molecule has 1 aliphatic heterocycles. The molecule has 0 radical (unpaired) electrons. The maximum atomic E-state index is 10.9. The Morgan fingerprint density at radius 1 is 1.22 bits per heavy atom. The van der Waals surface area contributed by atoms with Gasteiger partial charge in [-0.05, 0) is 56.1 Å². The Hall–Kier alpha value is -1.11. The zero-order valence-corrected chi connectivity index (χ0v) is 10.9. The smallest absolute Gasteiger partial charge is 0.294 e. The van der Waals surface area contributed by atoms with Crippen molar-refractivity contribution in [3.63, 3.8) is 0 Å². The lowest BCUT2D eigenvalue weighted by Crippen LogP contribution is -2.31. The molecule has 0 spiro atoms. The quantitative estimate of drug-likeness (QED) is 0.720. The van der Waals surface area contributed by atoms with Crippen molar-refractivity contribution in [2.24, 2.45) is 5.92 Å². The summed E-state index contributed by atoms with van der Waals surface area (Å²) in [5, 5.41) is 6.60. The molecule has 0 unspecified atom stereocenters. The van der Waals surface area contributed by atoms with Crippen LogP contribution in [0.15, 0.2) is 29.2 Å². The van der Waals surface area contributed by atoms with Crippen molar-refractivity contribution >= 4 is 15.8 Å². The maximum absolute atomic E-state index is 10.9. The number of nitrogens with one attached hydrogen (secondary N) is 2. The summed E-state index contributed by atoms with van der Waals surface area (Å²) in [6.07, 6.45) is 2.33. The van der Waals surface area contributed by atoms with E-state index in [-0.39, 0.29) is 4.90 Å². The first-order chi connectivity index (χ1) is 8.55. The Kier molecular flexibility index (Phi) is 4.21. The van der Waals surface area contributed by atoms with E-state index in [1.54, 1.807) is 12.1 Å². The first-order valence-corrected chi connectivity index (χ1v) is 7.52. The van der Waals surface area contributed by atoms with Crippen molar-refractivity contribution in [2.75, 3.05) is 25.0 Å². The van der Waals surface area contributed by atoms with Gasteiger partial charge in [0.25, 0.3) is 10.1 Å². The Bertz CT molecular complexity index is 479. The van der Waals surface area contributed by atoms with Crippen molar-refractivity contribution in [1.29, 1.82) is 0 Å². The summed E-state index contributed by atoms with van der Waals surface area (Å²) in [6, 6.07) is 6.15. The lowest BCUT2D eigenvalue weighted by molar-refractivity contribution is 0.390. The number of rotatable bonds is 4. The highest BCUT2D eigenvalue weighted by Gasteiger charge is 2.13. The number of anilines is 1. The molecule has 0 atom stereocenters. The molecule has 0 aliphatic carbocycles. The fourth-order valence-electron chi connectivity index (χ4n) is 2.09. The van der Waals surface area contributed by atoms with E-state index in [4.69, 9.17) is 4.55 Å². The normalized spacial score (nSPS) is 17.6. The molecule has 0 aromatic heterocycles. The summed E-state index contributed by atoms with van der Waals surface area (Å²) in [6.45, 7) is 3.02. The third-order valence-electron chi connectivity index (χ3n) is 3.21. The highest BCUT2D eigenvalue weighted by Crippen LogP contribution is 2.16. The monoisotopic (exact) mass is 270 g/mol. The molecule has 18 heavy (non-hydrogen) atoms. The zero-order valence-electron chi connectivity index (χ0n) is 10.1. The van der Waals surface area contributed by atoms with Gasteiger partial charge in [0, 0.05) is 12.2 Å². The van der Waals surface area contributed by atoms with E-state index in [0.29, 0.717) is 5.92 Å². The summed E-state index contributed by atoms with van der Waals surface area (Å²) >= 11 is 0. The Balaban J connectivity index is 1.90. The second kappa shape index (κ2) is 5.69. The Morgan fingerprint density at radius 2 is 1.83 bits per heavy atom. The van der Waals surface area contributed by atoms with Gasteiger partial charge in [-0.25, -0.2) is 0 Å². The second-order valence-corrected chi connectivity index (χ2v) is 6.00. The molecular weight excluding hydrogens is 252 g/mol. The third kappa shape index (κ3) is 3.69. The molecule has 1 aromatic carbocycles. The summed E-state index contributed by atoms with van der Waals surface area (Å²) in [7, 11) is -4.09. The molecule has 1 fully saturated rings. The molecule has 1 aliphatic rings. The van der Waals surface area contributed by atoms with Crippen LogP contribution < -0.4 is 10.6 Å². The van der Waals surface area contributed by atoms with Gasteiger partial charge < -0.3 is 10.6 Å². The first-order valence-electron chi connectivity index (χ1n) is 6.08. The highest BCUT2D eigenvalue weighted by molar-refractivity contribution is 7.85. The van der Waals surface area contributed by atoms with Crippen LogP contribution in [0.5, 0.6) is 0 Å². The second-order valence-electron chi connectivity index (χ2n) is 4.57. The summed E-state index contributed by atoms with van der Waals surface area (Å²) in [5.74, 6) is 0.660. The van der Waals surface area contributed by atoms with Crippen molar-refractivity contribution in [2.45, 2.75) is 17.7 Å². The molecule has 2 rings (SSSR count). The predicted octanol–water partition coefficient (Wildman–Crippen LogP) is 1.34. The minimum Gasteiger partial charge on any atom is -0.385 e. The van der Waals surface area contributed by atoms with Crippen molar-refractivity contribution < 1.29 is 13.0 Å². The van der Waals surface area contributed by atoms with Crippen LogP contribution in [-0.2, 0) is 10.1 Å². The minimum atomic E-state index is -4.09. The van der Waals surface area contributed by atoms with Gasteiger partial charge in [-0.2, -0.15) is 8.42 Å². The molecule has 1 saturated heterocycles. The van der Waals surface area contributed by atoms with Crippen LogP contribution in [0.2, 0.25) is 0 Å². The number of hydrogen-bond acceptors (Lipinski definition) is 4. The van der Waals surface area contributed by atoms with Crippen molar-refractivity contribution in [1.82, 2.24) is 5.32 Å². The van der Waals surface area contributed by atoms with Crippen LogP contribution in [0.25, 0.3) is 0 Å². The molecule has 5 nitrogen and oxygen atoms in total. The molecule has 3 N–H and O–H groups in total. The van der Waals surface area contributed by atoms with Crippen LogP contribution >= 0.6 is 0 Å². The molecule has 6 heteroatoms. The molecular formula is C12H18N2O3S. The number of piperidine rings is 1. The lowest BCUT2D eigenvalue weighted by Gasteiger charge is -2.23. The molecule has 100 valence electrons. The van der Waals surface area contributed by atoms with Gasteiger partial charge in [-0.1, -0.05) is 0 Å². The molecule has 0 saturated carbocycles. The third-order valence-corrected chi connectivity index (χ3v) is 4.07. The van der Waals surface area contributed by atoms with Crippen LogP contribution in [0, 0.1) is 5.92 Å². The van der Waals surface area contributed by atoms with Gasteiger partial charge in [0.1, 0.15) is 0 Å². The van der Waals surface area contributed by atoms with Crippen LogP contribution in [0.3, 0.4) is 0 Å². The Labute approximate surface area is 107 Å². The van der Waals surface area contributed by atoms with E-state index in [2.05, 4.69) is 10.6 Å². The summed E-state index contributed by atoms with van der Waals surface area (Å²) < 4.78 is 30.6. The Morgan fingerprint density at radius 3 is 2.39 bits per heavy atom. The predicted molar refractivity (Wildman–Crippen MR) is 70.3 cm³/mol. The van der Waals surface area contributed by atoms with Gasteiger partial charge in [0.15, 0.2) is 0 Å². The van der Waals surface area contributed by atoms with Crippen LogP contribution in [0.1, 0.15) is 12.8 Å². The van der Waals surface area contributed by atoms with E-state index in [9.17, 15) is 8.42 Å². The van der Waals surface area contributed by atoms with Gasteiger partial charge in [0.2, 0.25) is 0 Å². The molecule has 0 bridgehead atoms. The van der Waals surface area contributed by atoms with Crippen molar-refractivity contribution in [3.05, 3.63) is 24.3 Å². The standard InChI is InChI=1S/C12H18N2O3S/c15-18(16,17)12-3-1-11(2-4-12)14-9-10-5-7-13-8-6-10/h1-4,10,13-14H,5-9H2,(H,15,16,17). The van der Waals surface area contributed by atoms with Crippen LogP contribution in [0.4, 0.5) is 5.69 Å². The lowest BCUT2D eigenvalue weighted by atomic mass is 9.98. The minimum absolute atomic E-state index is 0.0742. The van der Waals surface area contributed by atoms with E-state index in [1.807, 2.05) is 0 Å². The number of benzene rings is 1. The fourth-order valence-corrected chi connectivity index (χ4v) is 2.57.